The van der Waals surface area contributed by atoms with Gasteiger partial charge in [-0.3, -0.25) is 14.6 Å². The molecule has 1 amide bonds. The summed E-state index contributed by atoms with van der Waals surface area (Å²) in [5, 5.41) is 2.68. The second-order valence-electron chi connectivity index (χ2n) is 6.37. The Morgan fingerprint density at radius 3 is 2.63 bits per heavy atom. The van der Waals surface area contributed by atoms with Crippen LogP contribution in [0.4, 0.5) is 0 Å². The number of pyridine rings is 1. The van der Waals surface area contributed by atoms with E-state index in [1.807, 2.05) is 0 Å². The average Bonchev–Trinajstić information content (AvgIpc) is 3.22. The zero-order chi connectivity index (χ0) is 21.5. The van der Waals surface area contributed by atoms with E-state index in [1.165, 1.54) is 31.4 Å². The number of amides is 1. The minimum absolute atomic E-state index is 0.147. The molecule has 1 atom stereocenters. The lowest BCUT2D eigenvalue weighted by atomic mass is 10.2. The number of esters is 1. The van der Waals surface area contributed by atoms with Gasteiger partial charge in [0.2, 0.25) is 11.7 Å². The number of nitrogens with one attached hydrogen (secondary N) is 1. The molecule has 3 rings (SSSR count). The third-order valence-electron chi connectivity index (χ3n) is 4.04. The molecule has 0 fully saturated rings. The molecule has 3 aromatic rings. The van der Waals surface area contributed by atoms with Crippen LogP contribution in [0.3, 0.4) is 0 Å². The van der Waals surface area contributed by atoms with Crippen LogP contribution in [0.1, 0.15) is 38.8 Å². The largest absolute Gasteiger partial charge is 0.455 e. The van der Waals surface area contributed by atoms with Gasteiger partial charge in [0.15, 0.2) is 6.10 Å². The number of para-hydroxylation sites is 1. The summed E-state index contributed by atoms with van der Waals surface area (Å²) in [5.74, 6) is -0.333. The number of rotatable bonds is 8. The highest BCUT2D eigenvalue weighted by atomic mass is 32.1. The number of carbonyl (C=O) groups excluding carboxylic acids is 3. The van der Waals surface area contributed by atoms with Crippen molar-refractivity contribution in [1.29, 1.82) is 0 Å². The Kier molecular flexibility index (Phi) is 6.92. The molecule has 0 aliphatic heterocycles. The summed E-state index contributed by atoms with van der Waals surface area (Å²) in [7, 11) is 0. The van der Waals surface area contributed by atoms with E-state index < -0.39 is 12.1 Å². The Balaban J connectivity index is 1.67. The maximum atomic E-state index is 12.7. The number of nitrogens with zero attached hydrogens (tertiary/aromatic N) is 1. The van der Waals surface area contributed by atoms with Crippen LogP contribution in [0.15, 0.2) is 60.9 Å². The van der Waals surface area contributed by atoms with Gasteiger partial charge < -0.3 is 14.8 Å². The van der Waals surface area contributed by atoms with E-state index in [4.69, 9.17) is 9.47 Å². The van der Waals surface area contributed by atoms with Crippen LogP contribution in [0.25, 0.3) is 0 Å². The molecule has 0 bridgehead atoms. The van der Waals surface area contributed by atoms with Crippen LogP contribution < -0.4 is 10.1 Å². The van der Waals surface area contributed by atoms with Gasteiger partial charge in [-0.15, -0.1) is 11.3 Å². The van der Waals surface area contributed by atoms with Gasteiger partial charge >= 0.3 is 5.97 Å². The molecular formula is C22H20N2O5S. The summed E-state index contributed by atoms with van der Waals surface area (Å²) in [6, 6.07) is 13.5. The summed E-state index contributed by atoms with van der Waals surface area (Å²) in [4.78, 5) is 41.6. The Labute approximate surface area is 177 Å². The van der Waals surface area contributed by atoms with Crippen molar-refractivity contribution < 1.29 is 23.9 Å². The fourth-order valence-corrected chi connectivity index (χ4v) is 3.52. The van der Waals surface area contributed by atoms with Crippen molar-refractivity contribution in [3.8, 4) is 11.5 Å². The summed E-state index contributed by atoms with van der Waals surface area (Å²) in [5.41, 5.74) is 0.207. The van der Waals surface area contributed by atoms with E-state index in [0.29, 0.717) is 22.9 Å². The van der Waals surface area contributed by atoms with Crippen molar-refractivity contribution >= 4 is 29.0 Å². The third kappa shape index (κ3) is 5.51. The number of thiophene rings is 1. The van der Waals surface area contributed by atoms with E-state index in [2.05, 4.69) is 10.3 Å². The first-order chi connectivity index (χ1) is 14.4. The molecular weight excluding hydrogens is 404 g/mol. The zero-order valence-electron chi connectivity index (χ0n) is 16.5. The highest BCUT2D eigenvalue weighted by Gasteiger charge is 2.23. The molecule has 154 valence electrons. The van der Waals surface area contributed by atoms with E-state index in [-0.39, 0.29) is 17.3 Å². The number of aromatic nitrogens is 1. The molecule has 2 heterocycles. The van der Waals surface area contributed by atoms with Crippen molar-refractivity contribution in [1.82, 2.24) is 10.3 Å². The Hall–Kier alpha value is -3.52. The quantitative estimate of drug-likeness (QED) is 0.434. The van der Waals surface area contributed by atoms with Crippen LogP contribution in [0.5, 0.6) is 11.5 Å². The van der Waals surface area contributed by atoms with Crippen LogP contribution in [0.2, 0.25) is 0 Å². The van der Waals surface area contributed by atoms with Gasteiger partial charge in [0.05, 0.1) is 17.6 Å². The lowest BCUT2D eigenvalue weighted by Crippen LogP contribution is -2.24. The fraction of sp³-hybridized carbons (Fsp3) is 0.182. The molecule has 0 saturated carbocycles. The first-order valence-electron chi connectivity index (χ1n) is 9.19. The standard InChI is InChI=1S/C22H20N2O5S/c1-14(21(26)20-10-9-17(30-20)13-24-15(2)25)28-22(27)18-7-3-4-8-19(18)29-16-6-5-11-23-12-16/h3-12,14H,13H2,1-2H3,(H,24,25). The molecule has 0 radical (unpaired) electrons. The number of hydrogen-bond acceptors (Lipinski definition) is 7. The van der Waals surface area contributed by atoms with Gasteiger partial charge in [-0.2, -0.15) is 0 Å². The van der Waals surface area contributed by atoms with E-state index in [9.17, 15) is 14.4 Å². The van der Waals surface area contributed by atoms with Crippen LogP contribution in [-0.2, 0) is 16.1 Å². The monoisotopic (exact) mass is 424 g/mol. The third-order valence-corrected chi connectivity index (χ3v) is 5.14. The molecule has 8 heteroatoms. The van der Waals surface area contributed by atoms with Crippen molar-refractivity contribution in [3.63, 3.8) is 0 Å². The van der Waals surface area contributed by atoms with E-state index in [0.717, 1.165) is 4.88 Å². The van der Waals surface area contributed by atoms with Gasteiger partial charge in [0.1, 0.15) is 17.1 Å². The van der Waals surface area contributed by atoms with Gasteiger partial charge in [0.25, 0.3) is 0 Å². The molecule has 1 aromatic carbocycles. The van der Waals surface area contributed by atoms with E-state index >= 15 is 0 Å². The molecule has 1 unspecified atom stereocenters. The summed E-state index contributed by atoms with van der Waals surface area (Å²) >= 11 is 1.25. The van der Waals surface area contributed by atoms with Crippen LogP contribution in [-0.4, -0.2) is 28.7 Å². The highest BCUT2D eigenvalue weighted by Crippen LogP contribution is 2.26. The van der Waals surface area contributed by atoms with Crippen molar-refractivity contribution in [3.05, 3.63) is 76.2 Å². The molecule has 30 heavy (non-hydrogen) atoms. The molecule has 2 aromatic heterocycles. The number of ketones is 1. The van der Waals surface area contributed by atoms with Gasteiger partial charge in [0, 0.05) is 18.0 Å². The minimum atomic E-state index is -0.976. The van der Waals surface area contributed by atoms with E-state index in [1.54, 1.807) is 54.7 Å². The lowest BCUT2D eigenvalue weighted by Gasteiger charge is -2.14. The second-order valence-corrected chi connectivity index (χ2v) is 7.54. The molecule has 0 aliphatic carbocycles. The average molecular weight is 424 g/mol. The summed E-state index contributed by atoms with van der Waals surface area (Å²) in [6.07, 6.45) is 2.17. The number of hydrogen-bond donors (Lipinski definition) is 1. The lowest BCUT2D eigenvalue weighted by molar-refractivity contribution is -0.119. The topological polar surface area (TPSA) is 94.6 Å². The van der Waals surface area contributed by atoms with Crippen molar-refractivity contribution in [2.75, 3.05) is 0 Å². The molecule has 7 nitrogen and oxygen atoms in total. The summed E-state index contributed by atoms with van der Waals surface area (Å²) in [6.45, 7) is 3.30. The molecule has 0 spiro atoms. The molecule has 1 N–H and O–H groups in total. The van der Waals surface area contributed by atoms with Gasteiger partial charge in [-0.25, -0.2) is 4.79 Å². The summed E-state index contributed by atoms with van der Waals surface area (Å²) < 4.78 is 11.1. The van der Waals surface area contributed by atoms with Crippen molar-refractivity contribution in [2.45, 2.75) is 26.5 Å². The predicted molar refractivity (Wildman–Crippen MR) is 112 cm³/mol. The fourth-order valence-electron chi connectivity index (χ4n) is 2.55. The minimum Gasteiger partial charge on any atom is -0.455 e. The zero-order valence-corrected chi connectivity index (χ0v) is 17.3. The predicted octanol–water partition coefficient (Wildman–Crippen LogP) is 4.00. The first-order valence-corrected chi connectivity index (χ1v) is 10.0. The Morgan fingerprint density at radius 2 is 1.90 bits per heavy atom. The maximum absolute atomic E-state index is 12.7. The van der Waals surface area contributed by atoms with Gasteiger partial charge in [-0.1, -0.05) is 12.1 Å². The second kappa shape index (κ2) is 9.80. The van der Waals surface area contributed by atoms with Crippen LogP contribution in [0, 0.1) is 0 Å². The number of benzene rings is 1. The Morgan fingerprint density at radius 1 is 1.10 bits per heavy atom. The smallest absolute Gasteiger partial charge is 0.342 e. The highest BCUT2D eigenvalue weighted by molar-refractivity contribution is 7.14. The first kappa shape index (κ1) is 21.2. The SMILES string of the molecule is CC(=O)NCc1ccc(C(=O)C(C)OC(=O)c2ccccc2Oc2cccnc2)s1. The number of ether oxygens (including phenoxy) is 2. The van der Waals surface area contributed by atoms with Gasteiger partial charge in [-0.05, 0) is 43.3 Å². The number of Topliss-reactive ketones (excluding diaryl/α,β-unsaturated/α-hetero) is 1. The molecule has 0 saturated heterocycles. The maximum Gasteiger partial charge on any atom is 0.342 e. The molecule has 0 aliphatic rings. The number of carbonyl (C=O) groups is 3. The van der Waals surface area contributed by atoms with Crippen molar-refractivity contribution in [2.24, 2.45) is 0 Å². The van der Waals surface area contributed by atoms with Crippen LogP contribution >= 0.6 is 11.3 Å². The Bertz CT molecular complexity index is 1050. The normalized spacial score (nSPS) is 11.4.